The first-order valence-corrected chi connectivity index (χ1v) is 11.6. The second-order valence-corrected chi connectivity index (χ2v) is 9.47. The van der Waals surface area contributed by atoms with E-state index in [1.165, 1.54) is 28.3 Å². The van der Waals surface area contributed by atoms with Crippen LogP contribution in [0.15, 0.2) is 65.5 Å². The quantitative estimate of drug-likeness (QED) is 0.149. The summed E-state index contributed by atoms with van der Waals surface area (Å²) in [4.78, 5) is 28.8. The van der Waals surface area contributed by atoms with Gasteiger partial charge in [-0.15, -0.1) is 0 Å². The summed E-state index contributed by atoms with van der Waals surface area (Å²) >= 11 is 8.52. The van der Waals surface area contributed by atoms with E-state index < -0.39 is 4.92 Å². The van der Waals surface area contributed by atoms with Gasteiger partial charge in [0, 0.05) is 15.7 Å². The Balaban J connectivity index is 1.90. The molecule has 6 nitrogen and oxygen atoms in total. The molecule has 0 atom stereocenters. The van der Waals surface area contributed by atoms with Gasteiger partial charge in [0.1, 0.15) is 5.82 Å². The van der Waals surface area contributed by atoms with Crippen LogP contribution in [-0.4, -0.2) is 14.5 Å². The molecule has 0 amide bonds. The summed E-state index contributed by atoms with van der Waals surface area (Å²) in [6, 6.07) is 17.6. The summed E-state index contributed by atoms with van der Waals surface area (Å²) in [5, 5.41) is 11.7. The molecule has 4 aromatic rings. The van der Waals surface area contributed by atoms with Gasteiger partial charge >= 0.3 is 0 Å². The fourth-order valence-electron chi connectivity index (χ4n) is 3.47. The minimum Gasteiger partial charge on any atom is -0.268 e. The van der Waals surface area contributed by atoms with Crippen molar-refractivity contribution in [2.75, 3.05) is 0 Å². The average Bonchev–Trinajstić information content (AvgIpc) is 2.79. The largest absolute Gasteiger partial charge is 0.271 e. The van der Waals surface area contributed by atoms with E-state index in [1.54, 1.807) is 18.2 Å². The second-order valence-electron chi connectivity index (χ2n) is 7.82. The fourth-order valence-corrected chi connectivity index (χ4v) is 4.22. The van der Waals surface area contributed by atoms with Crippen LogP contribution in [0.4, 0.5) is 5.69 Å². The minimum absolute atomic E-state index is 0.0917. The predicted molar refractivity (Wildman–Crippen MR) is 141 cm³/mol. The van der Waals surface area contributed by atoms with E-state index >= 15 is 0 Å². The van der Waals surface area contributed by atoms with Crippen molar-refractivity contribution in [3.05, 3.63) is 107 Å². The van der Waals surface area contributed by atoms with Gasteiger partial charge in [-0.2, -0.15) is 0 Å². The number of hydrogen-bond donors (Lipinski definition) is 0. The smallest absolute Gasteiger partial charge is 0.268 e. The third kappa shape index (κ3) is 4.84. The Morgan fingerprint density at radius 1 is 1.06 bits per heavy atom. The number of nitro benzene ring substituents is 1. The average molecular weight is 572 g/mol. The molecule has 166 valence electrons. The van der Waals surface area contributed by atoms with Gasteiger partial charge in [-0.1, -0.05) is 55.8 Å². The third-order valence-corrected chi connectivity index (χ3v) is 6.24. The van der Waals surface area contributed by atoms with Crippen molar-refractivity contribution in [3.63, 3.8) is 0 Å². The topological polar surface area (TPSA) is 78.0 Å². The Hall–Kier alpha value is -3.04. The summed E-state index contributed by atoms with van der Waals surface area (Å²) in [7, 11) is 0. The summed E-state index contributed by atoms with van der Waals surface area (Å²) < 4.78 is 2.29. The maximum atomic E-state index is 13.5. The van der Waals surface area contributed by atoms with E-state index in [0.717, 1.165) is 9.13 Å². The number of halogens is 2. The van der Waals surface area contributed by atoms with Gasteiger partial charge in [-0.25, -0.2) is 4.98 Å². The molecule has 0 aliphatic carbocycles. The number of fused-ring (bicyclic) bond motifs is 1. The molecule has 0 saturated carbocycles. The van der Waals surface area contributed by atoms with Gasteiger partial charge in [0.25, 0.3) is 11.2 Å². The summed E-state index contributed by atoms with van der Waals surface area (Å²) in [5.41, 5.74) is 2.63. The molecule has 3 aromatic carbocycles. The molecule has 33 heavy (non-hydrogen) atoms. The molecule has 0 radical (unpaired) electrons. The molecule has 0 spiro atoms. The molecule has 0 bridgehead atoms. The predicted octanol–water partition coefficient (Wildman–Crippen LogP) is 6.85. The molecular formula is C25H19ClIN3O3. The SMILES string of the molecule is CC(C)c1ccc(C=Cc2nc3ccc(I)cc3c(=O)n2-c2ccc([N+](=O)[O-])cc2Cl)cc1. The van der Waals surface area contributed by atoms with Crippen molar-refractivity contribution in [2.45, 2.75) is 19.8 Å². The number of nitro groups is 1. The summed E-state index contributed by atoms with van der Waals surface area (Å²) in [5.74, 6) is 0.805. The molecular weight excluding hydrogens is 553 g/mol. The van der Waals surface area contributed by atoms with Gasteiger partial charge < -0.3 is 0 Å². The molecule has 1 aromatic heterocycles. The fraction of sp³-hybridized carbons (Fsp3) is 0.120. The number of non-ortho nitro benzene ring substituents is 1. The lowest BCUT2D eigenvalue weighted by Gasteiger charge is -2.13. The Morgan fingerprint density at radius 3 is 2.42 bits per heavy atom. The van der Waals surface area contributed by atoms with Crippen molar-refractivity contribution in [1.29, 1.82) is 0 Å². The van der Waals surface area contributed by atoms with E-state index in [4.69, 9.17) is 16.6 Å². The molecule has 0 unspecified atom stereocenters. The first-order valence-electron chi connectivity index (χ1n) is 10.2. The van der Waals surface area contributed by atoms with Crippen LogP contribution in [0.5, 0.6) is 0 Å². The van der Waals surface area contributed by atoms with Gasteiger partial charge in [0.15, 0.2) is 0 Å². The molecule has 1 heterocycles. The molecule has 0 fully saturated rings. The highest BCUT2D eigenvalue weighted by Crippen LogP contribution is 2.27. The van der Waals surface area contributed by atoms with Crippen LogP contribution < -0.4 is 5.56 Å². The molecule has 8 heteroatoms. The van der Waals surface area contributed by atoms with Crippen molar-refractivity contribution < 1.29 is 4.92 Å². The maximum absolute atomic E-state index is 13.5. The third-order valence-electron chi connectivity index (χ3n) is 5.27. The number of benzene rings is 3. The van der Waals surface area contributed by atoms with Gasteiger partial charge in [0.05, 0.1) is 26.5 Å². The Labute approximate surface area is 208 Å². The first-order chi connectivity index (χ1) is 15.7. The van der Waals surface area contributed by atoms with Crippen LogP contribution in [0.1, 0.15) is 36.7 Å². The van der Waals surface area contributed by atoms with Crippen molar-refractivity contribution in [1.82, 2.24) is 9.55 Å². The highest BCUT2D eigenvalue weighted by molar-refractivity contribution is 14.1. The normalized spacial score (nSPS) is 11.5. The zero-order valence-corrected chi connectivity index (χ0v) is 20.7. The Bertz CT molecular complexity index is 1460. The zero-order valence-electron chi connectivity index (χ0n) is 17.8. The van der Waals surface area contributed by atoms with E-state index in [0.29, 0.717) is 28.3 Å². The summed E-state index contributed by atoms with van der Waals surface area (Å²) in [6.45, 7) is 4.27. The Morgan fingerprint density at radius 2 is 1.79 bits per heavy atom. The van der Waals surface area contributed by atoms with Gasteiger partial charge in [-0.05, 0) is 70.0 Å². The molecule has 0 aliphatic rings. The lowest BCUT2D eigenvalue weighted by molar-refractivity contribution is -0.384. The van der Waals surface area contributed by atoms with Crippen molar-refractivity contribution in [2.24, 2.45) is 0 Å². The molecule has 0 N–H and O–H groups in total. The molecule has 0 saturated heterocycles. The van der Waals surface area contributed by atoms with Crippen LogP contribution in [0.3, 0.4) is 0 Å². The number of nitrogens with zero attached hydrogens (tertiary/aromatic N) is 3. The van der Waals surface area contributed by atoms with Gasteiger partial charge in [0.2, 0.25) is 0 Å². The molecule has 0 aliphatic heterocycles. The minimum atomic E-state index is -0.527. The highest BCUT2D eigenvalue weighted by Gasteiger charge is 2.17. The van der Waals surface area contributed by atoms with Crippen LogP contribution in [-0.2, 0) is 0 Å². The number of hydrogen-bond acceptors (Lipinski definition) is 4. The van der Waals surface area contributed by atoms with Crippen molar-refractivity contribution >= 4 is 62.9 Å². The van der Waals surface area contributed by atoms with Crippen molar-refractivity contribution in [3.8, 4) is 5.69 Å². The maximum Gasteiger partial charge on any atom is 0.271 e. The highest BCUT2D eigenvalue weighted by atomic mass is 127. The van der Waals surface area contributed by atoms with E-state index in [2.05, 4.69) is 48.6 Å². The van der Waals surface area contributed by atoms with Crippen LogP contribution in [0.2, 0.25) is 5.02 Å². The number of rotatable bonds is 5. The monoisotopic (exact) mass is 571 g/mol. The molecule has 4 rings (SSSR count). The van der Waals surface area contributed by atoms with Gasteiger partial charge in [-0.3, -0.25) is 19.5 Å². The van der Waals surface area contributed by atoms with Crippen LogP contribution in [0.25, 0.3) is 28.7 Å². The standard InChI is InChI=1S/C25H19ClIN3O3/c1-15(2)17-6-3-16(4-7-17)5-12-24-28-22-10-8-18(27)13-20(22)25(31)29(24)23-11-9-19(30(32)33)14-21(23)26/h3-15H,1-2H3. The van der Waals surface area contributed by atoms with E-state index in [1.807, 2.05) is 24.3 Å². The van der Waals surface area contributed by atoms with E-state index in [-0.39, 0.29) is 16.3 Å². The first kappa shape index (κ1) is 23.1. The Kier molecular flexibility index (Phi) is 6.62. The number of aromatic nitrogens is 2. The second kappa shape index (κ2) is 9.44. The lowest BCUT2D eigenvalue weighted by Crippen LogP contribution is -2.22. The lowest BCUT2D eigenvalue weighted by atomic mass is 10.0. The summed E-state index contributed by atoms with van der Waals surface area (Å²) in [6.07, 6.45) is 3.63. The van der Waals surface area contributed by atoms with E-state index in [9.17, 15) is 14.9 Å². The zero-order chi connectivity index (χ0) is 23.7. The van der Waals surface area contributed by atoms with Crippen LogP contribution >= 0.6 is 34.2 Å². The van der Waals surface area contributed by atoms with Crippen LogP contribution in [0, 0.1) is 13.7 Å².